The van der Waals surface area contributed by atoms with Gasteiger partial charge in [-0.25, -0.2) is 4.79 Å². The molecule has 3 nitrogen and oxygen atoms in total. The molecule has 0 saturated carbocycles. The zero-order valence-corrected chi connectivity index (χ0v) is 12.1. The Morgan fingerprint density at radius 2 is 2.05 bits per heavy atom. The molecule has 19 heavy (non-hydrogen) atoms. The molecule has 0 radical (unpaired) electrons. The van der Waals surface area contributed by atoms with E-state index in [1.54, 1.807) is 6.08 Å². The van der Waals surface area contributed by atoms with Gasteiger partial charge in [0, 0.05) is 6.08 Å². The van der Waals surface area contributed by atoms with E-state index in [1.165, 1.54) is 6.08 Å². The maximum absolute atomic E-state index is 11.4. The van der Waals surface area contributed by atoms with Gasteiger partial charge in [-0.15, -0.1) is 0 Å². The minimum Gasteiger partial charge on any atom is -0.491 e. The van der Waals surface area contributed by atoms with Crippen molar-refractivity contribution in [2.75, 3.05) is 0 Å². The normalized spacial score (nSPS) is 12.7. The van der Waals surface area contributed by atoms with Gasteiger partial charge in [0.15, 0.2) is 0 Å². The highest BCUT2D eigenvalue weighted by Crippen LogP contribution is 2.16. The lowest BCUT2D eigenvalue weighted by Crippen LogP contribution is -2.09. The number of carbonyl (C=O) groups excluding carboxylic acids is 1. The summed E-state index contributed by atoms with van der Waals surface area (Å²) in [6.07, 6.45) is 4.21. The number of ether oxygens (including phenoxy) is 2. The fourth-order valence-electron chi connectivity index (χ4n) is 1.44. The molecule has 1 rings (SSSR count). The maximum atomic E-state index is 11.4. The molecule has 1 atom stereocenters. The maximum Gasteiger partial charge on any atom is 0.331 e. The van der Waals surface area contributed by atoms with Crippen molar-refractivity contribution in [1.82, 2.24) is 0 Å². The molecule has 0 aliphatic rings. The van der Waals surface area contributed by atoms with Crippen LogP contribution in [0.4, 0.5) is 0 Å². The molecule has 0 aromatic heterocycles. The predicted octanol–water partition coefficient (Wildman–Crippen LogP) is 3.83. The monoisotopic (exact) mass is 262 g/mol. The molecule has 0 N–H and O–H groups in total. The van der Waals surface area contributed by atoms with E-state index < -0.39 is 0 Å². The minimum atomic E-state index is -0.330. The van der Waals surface area contributed by atoms with Gasteiger partial charge in [0.25, 0.3) is 0 Å². The Balaban J connectivity index is 2.66. The van der Waals surface area contributed by atoms with Gasteiger partial charge in [0.05, 0.1) is 12.2 Å². The highest BCUT2D eigenvalue weighted by atomic mass is 16.5. The van der Waals surface area contributed by atoms with E-state index in [4.69, 9.17) is 9.47 Å². The van der Waals surface area contributed by atoms with Crippen LogP contribution in [0, 0.1) is 0 Å². The molecule has 0 aliphatic heterocycles. The summed E-state index contributed by atoms with van der Waals surface area (Å²) in [6, 6.07) is 7.65. The molecule has 0 fully saturated rings. The second-order valence-electron chi connectivity index (χ2n) is 4.73. The van der Waals surface area contributed by atoms with E-state index in [9.17, 15) is 4.79 Å². The van der Waals surface area contributed by atoms with Crippen molar-refractivity contribution in [3.63, 3.8) is 0 Å². The number of rotatable bonds is 6. The summed E-state index contributed by atoms with van der Waals surface area (Å²) >= 11 is 0. The Bertz CT molecular complexity index is 435. The van der Waals surface area contributed by atoms with Crippen LogP contribution in [0.2, 0.25) is 0 Å². The smallest absolute Gasteiger partial charge is 0.331 e. The van der Waals surface area contributed by atoms with Crippen molar-refractivity contribution >= 4 is 12.0 Å². The SMILES string of the molecule is CCC(C)Oc1cccc(C=CC(=O)OC(C)C)c1. The summed E-state index contributed by atoms with van der Waals surface area (Å²) in [5.41, 5.74) is 0.918. The quantitative estimate of drug-likeness (QED) is 0.577. The predicted molar refractivity (Wildman–Crippen MR) is 77.1 cm³/mol. The summed E-state index contributed by atoms with van der Waals surface area (Å²) in [7, 11) is 0. The third-order valence-corrected chi connectivity index (χ3v) is 2.53. The van der Waals surface area contributed by atoms with Crippen LogP contribution in [-0.2, 0) is 9.53 Å². The van der Waals surface area contributed by atoms with E-state index >= 15 is 0 Å². The Labute approximate surface area is 115 Å². The van der Waals surface area contributed by atoms with Gasteiger partial charge >= 0.3 is 5.97 Å². The van der Waals surface area contributed by atoms with Crippen LogP contribution < -0.4 is 4.74 Å². The third-order valence-electron chi connectivity index (χ3n) is 2.53. The fourth-order valence-corrected chi connectivity index (χ4v) is 1.44. The first-order chi connectivity index (χ1) is 9.01. The summed E-state index contributed by atoms with van der Waals surface area (Å²) in [6.45, 7) is 7.76. The largest absolute Gasteiger partial charge is 0.491 e. The van der Waals surface area contributed by atoms with E-state index in [0.29, 0.717) is 0 Å². The van der Waals surface area contributed by atoms with Crippen molar-refractivity contribution < 1.29 is 14.3 Å². The van der Waals surface area contributed by atoms with Gasteiger partial charge in [-0.2, -0.15) is 0 Å². The Hall–Kier alpha value is -1.77. The van der Waals surface area contributed by atoms with Crippen molar-refractivity contribution in [3.8, 4) is 5.75 Å². The topological polar surface area (TPSA) is 35.5 Å². The number of hydrogen-bond donors (Lipinski definition) is 0. The van der Waals surface area contributed by atoms with E-state index in [1.807, 2.05) is 45.0 Å². The van der Waals surface area contributed by atoms with Gasteiger partial charge in [-0.05, 0) is 51.0 Å². The number of carbonyl (C=O) groups is 1. The van der Waals surface area contributed by atoms with Crippen molar-refractivity contribution in [2.45, 2.75) is 46.3 Å². The molecule has 0 heterocycles. The first-order valence-electron chi connectivity index (χ1n) is 6.66. The molecule has 0 amide bonds. The summed E-state index contributed by atoms with van der Waals surface area (Å²) in [5, 5.41) is 0. The average molecular weight is 262 g/mol. The number of hydrogen-bond acceptors (Lipinski definition) is 3. The third kappa shape index (κ3) is 6.09. The zero-order chi connectivity index (χ0) is 14.3. The molecule has 1 aromatic carbocycles. The van der Waals surface area contributed by atoms with Crippen LogP contribution in [0.15, 0.2) is 30.3 Å². The van der Waals surface area contributed by atoms with Gasteiger partial charge in [0.2, 0.25) is 0 Å². The van der Waals surface area contributed by atoms with E-state index in [2.05, 4.69) is 6.92 Å². The lowest BCUT2D eigenvalue weighted by Gasteiger charge is -2.12. The second-order valence-corrected chi connectivity index (χ2v) is 4.73. The van der Waals surface area contributed by atoms with E-state index in [0.717, 1.165) is 17.7 Å². The number of esters is 1. The molecule has 3 heteroatoms. The highest BCUT2D eigenvalue weighted by molar-refractivity contribution is 5.87. The first-order valence-corrected chi connectivity index (χ1v) is 6.66. The summed E-state index contributed by atoms with van der Waals surface area (Å²) in [4.78, 5) is 11.4. The molecule has 1 aromatic rings. The Morgan fingerprint density at radius 1 is 1.32 bits per heavy atom. The molecule has 0 spiro atoms. The highest BCUT2D eigenvalue weighted by Gasteiger charge is 2.02. The van der Waals surface area contributed by atoms with Crippen molar-refractivity contribution in [1.29, 1.82) is 0 Å². The molecular weight excluding hydrogens is 240 g/mol. The van der Waals surface area contributed by atoms with Gasteiger partial charge in [-0.3, -0.25) is 0 Å². The van der Waals surface area contributed by atoms with Crippen LogP contribution in [-0.4, -0.2) is 18.2 Å². The molecule has 1 unspecified atom stereocenters. The fraction of sp³-hybridized carbons (Fsp3) is 0.438. The zero-order valence-electron chi connectivity index (χ0n) is 12.1. The van der Waals surface area contributed by atoms with Crippen LogP contribution in [0.5, 0.6) is 5.75 Å². The first kappa shape index (κ1) is 15.3. The molecule has 0 saturated heterocycles. The molecule has 0 aliphatic carbocycles. The van der Waals surface area contributed by atoms with E-state index in [-0.39, 0.29) is 18.2 Å². The molecule has 104 valence electrons. The Morgan fingerprint density at radius 3 is 2.68 bits per heavy atom. The molecular formula is C16H22O3. The average Bonchev–Trinajstić information content (AvgIpc) is 2.36. The van der Waals surface area contributed by atoms with Gasteiger partial charge in [-0.1, -0.05) is 19.1 Å². The standard InChI is InChI=1S/C16H22O3/c1-5-13(4)19-15-8-6-7-14(11-15)9-10-16(17)18-12(2)3/h6-13H,5H2,1-4H3. The van der Waals surface area contributed by atoms with Crippen molar-refractivity contribution in [2.24, 2.45) is 0 Å². The van der Waals surface area contributed by atoms with Crippen LogP contribution >= 0.6 is 0 Å². The Kier molecular flexibility index (Phi) is 6.13. The van der Waals surface area contributed by atoms with Crippen LogP contribution in [0.25, 0.3) is 6.08 Å². The van der Waals surface area contributed by atoms with Crippen LogP contribution in [0.3, 0.4) is 0 Å². The summed E-state index contributed by atoms with van der Waals surface area (Å²) in [5.74, 6) is 0.483. The molecule has 0 bridgehead atoms. The minimum absolute atomic E-state index is 0.0998. The van der Waals surface area contributed by atoms with Crippen molar-refractivity contribution in [3.05, 3.63) is 35.9 Å². The lowest BCUT2D eigenvalue weighted by molar-refractivity contribution is -0.141. The second kappa shape index (κ2) is 7.62. The lowest BCUT2D eigenvalue weighted by atomic mass is 10.2. The number of benzene rings is 1. The van der Waals surface area contributed by atoms with Crippen LogP contribution in [0.1, 0.15) is 39.7 Å². The summed E-state index contributed by atoms with van der Waals surface area (Å²) < 4.78 is 10.8. The van der Waals surface area contributed by atoms with Gasteiger partial charge < -0.3 is 9.47 Å². The van der Waals surface area contributed by atoms with Gasteiger partial charge in [0.1, 0.15) is 5.75 Å².